The summed E-state index contributed by atoms with van der Waals surface area (Å²) in [6, 6.07) is 8.61. The highest BCUT2D eigenvalue weighted by Crippen LogP contribution is 2.32. The van der Waals surface area contributed by atoms with Gasteiger partial charge in [0.25, 0.3) is 0 Å². The van der Waals surface area contributed by atoms with Crippen LogP contribution in [0.4, 0.5) is 5.69 Å². The van der Waals surface area contributed by atoms with Crippen molar-refractivity contribution in [1.29, 1.82) is 5.26 Å². The summed E-state index contributed by atoms with van der Waals surface area (Å²) in [6.45, 7) is 1.10. The van der Waals surface area contributed by atoms with Crippen LogP contribution in [0.2, 0.25) is 0 Å². The first kappa shape index (κ1) is 13.4. The zero-order valence-corrected chi connectivity index (χ0v) is 11.9. The molecule has 18 heavy (non-hydrogen) atoms. The van der Waals surface area contributed by atoms with Gasteiger partial charge in [0.1, 0.15) is 6.07 Å². The number of anilines is 1. The molecule has 4 heteroatoms. The lowest BCUT2D eigenvalue weighted by Gasteiger charge is -2.39. The molecule has 2 rings (SSSR count). The van der Waals surface area contributed by atoms with Crippen molar-refractivity contribution in [3.63, 3.8) is 0 Å². The van der Waals surface area contributed by atoms with E-state index in [1.54, 1.807) is 0 Å². The molecule has 0 spiro atoms. The van der Waals surface area contributed by atoms with Gasteiger partial charge in [0.2, 0.25) is 0 Å². The second kappa shape index (κ2) is 6.21. The Balaban J connectivity index is 2.19. The minimum absolute atomic E-state index is 0.223. The third-order valence-electron chi connectivity index (χ3n) is 3.48. The van der Waals surface area contributed by atoms with Crippen molar-refractivity contribution in [2.24, 2.45) is 0 Å². The van der Waals surface area contributed by atoms with E-state index in [2.05, 4.69) is 26.9 Å². The first-order valence-electron chi connectivity index (χ1n) is 6.33. The van der Waals surface area contributed by atoms with Gasteiger partial charge < -0.3 is 10.0 Å². The van der Waals surface area contributed by atoms with Crippen LogP contribution in [0, 0.1) is 11.3 Å². The number of hydrogen-bond donors (Lipinski definition) is 1. The Morgan fingerprint density at radius 3 is 2.72 bits per heavy atom. The van der Waals surface area contributed by atoms with Crippen LogP contribution < -0.4 is 4.90 Å². The SMILES string of the molecule is N#Cc1ccc(N(CCCO)C2CCC2)cc1Br. The van der Waals surface area contributed by atoms with Gasteiger partial charge in [-0.25, -0.2) is 0 Å². The lowest BCUT2D eigenvalue weighted by atomic mass is 9.91. The largest absolute Gasteiger partial charge is 0.396 e. The highest BCUT2D eigenvalue weighted by atomic mass is 79.9. The molecule has 1 fully saturated rings. The van der Waals surface area contributed by atoms with E-state index in [0.29, 0.717) is 11.6 Å². The van der Waals surface area contributed by atoms with Crippen molar-refractivity contribution in [2.45, 2.75) is 31.7 Å². The van der Waals surface area contributed by atoms with Gasteiger partial charge in [0.15, 0.2) is 0 Å². The quantitative estimate of drug-likeness (QED) is 0.909. The second-order valence-electron chi connectivity index (χ2n) is 4.63. The number of nitrogens with zero attached hydrogens (tertiary/aromatic N) is 2. The van der Waals surface area contributed by atoms with Crippen molar-refractivity contribution < 1.29 is 5.11 Å². The third kappa shape index (κ3) is 2.85. The molecule has 0 atom stereocenters. The molecule has 0 radical (unpaired) electrons. The van der Waals surface area contributed by atoms with Crippen molar-refractivity contribution in [3.05, 3.63) is 28.2 Å². The van der Waals surface area contributed by atoms with Crippen molar-refractivity contribution in [3.8, 4) is 6.07 Å². The van der Waals surface area contributed by atoms with E-state index in [9.17, 15) is 0 Å². The lowest BCUT2D eigenvalue weighted by Crippen LogP contribution is -2.41. The molecule has 3 nitrogen and oxygen atoms in total. The number of aliphatic hydroxyl groups is 1. The molecule has 0 unspecified atom stereocenters. The van der Waals surface area contributed by atoms with E-state index in [0.717, 1.165) is 23.1 Å². The fourth-order valence-corrected chi connectivity index (χ4v) is 2.69. The predicted octanol–water partition coefficient (Wildman–Crippen LogP) is 3.06. The van der Waals surface area contributed by atoms with E-state index >= 15 is 0 Å². The van der Waals surface area contributed by atoms with E-state index in [-0.39, 0.29) is 6.61 Å². The Labute approximate surface area is 116 Å². The fourth-order valence-electron chi connectivity index (χ4n) is 2.24. The summed E-state index contributed by atoms with van der Waals surface area (Å²) in [6.07, 6.45) is 4.53. The topological polar surface area (TPSA) is 47.3 Å². The third-order valence-corrected chi connectivity index (χ3v) is 4.13. The summed E-state index contributed by atoms with van der Waals surface area (Å²) < 4.78 is 0.843. The Morgan fingerprint density at radius 1 is 1.44 bits per heavy atom. The van der Waals surface area contributed by atoms with E-state index in [4.69, 9.17) is 10.4 Å². The Kier molecular flexibility index (Phi) is 4.62. The molecular weight excluding hydrogens is 292 g/mol. The Morgan fingerprint density at radius 2 is 2.22 bits per heavy atom. The molecule has 0 amide bonds. The molecule has 1 aromatic rings. The average molecular weight is 309 g/mol. The van der Waals surface area contributed by atoms with Gasteiger partial charge in [-0.15, -0.1) is 0 Å². The Bertz CT molecular complexity index is 452. The number of nitriles is 1. The van der Waals surface area contributed by atoms with Gasteiger partial charge in [-0.3, -0.25) is 0 Å². The summed E-state index contributed by atoms with van der Waals surface area (Å²) in [5.74, 6) is 0. The van der Waals surface area contributed by atoms with Crippen LogP contribution in [0.1, 0.15) is 31.2 Å². The summed E-state index contributed by atoms with van der Waals surface area (Å²) in [5.41, 5.74) is 1.80. The molecule has 1 aliphatic rings. The predicted molar refractivity (Wildman–Crippen MR) is 75.5 cm³/mol. The van der Waals surface area contributed by atoms with Crippen LogP contribution in [-0.2, 0) is 0 Å². The van der Waals surface area contributed by atoms with Gasteiger partial charge in [0, 0.05) is 29.4 Å². The number of rotatable bonds is 5. The molecule has 1 saturated carbocycles. The fraction of sp³-hybridized carbons (Fsp3) is 0.500. The van der Waals surface area contributed by atoms with E-state index in [1.165, 1.54) is 19.3 Å². The van der Waals surface area contributed by atoms with Crippen LogP contribution in [0.5, 0.6) is 0 Å². The normalized spacial score (nSPS) is 14.9. The molecule has 96 valence electrons. The minimum Gasteiger partial charge on any atom is -0.396 e. The maximum absolute atomic E-state index is 8.99. The van der Waals surface area contributed by atoms with Crippen LogP contribution in [0.25, 0.3) is 0 Å². The van der Waals surface area contributed by atoms with Gasteiger partial charge in [-0.1, -0.05) is 0 Å². The minimum atomic E-state index is 0.223. The summed E-state index contributed by atoms with van der Waals surface area (Å²) >= 11 is 3.43. The highest BCUT2D eigenvalue weighted by Gasteiger charge is 2.25. The molecule has 0 heterocycles. The molecular formula is C14H17BrN2O. The number of aliphatic hydroxyl groups excluding tert-OH is 1. The van der Waals surface area contributed by atoms with Crippen molar-refractivity contribution in [2.75, 3.05) is 18.1 Å². The molecule has 0 bridgehead atoms. The summed E-state index contributed by atoms with van der Waals surface area (Å²) in [7, 11) is 0. The summed E-state index contributed by atoms with van der Waals surface area (Å²) in [5, 5.41) is 17.9. The maximum atomic E-state index is 8.99. The highest BCUT2D eigenvalue weighted by molar-refractivity contribution is 9.10. The number of benzene rings is 1. The monoisotopic (exact) mass is 308 g/mol. The van der Waals surface area contributed by atoms with Crippen LogP contribution in [-0.4, -0.2) is 24.3 Å². The molecule has 1 aromatic carbocycles. The zero-order valence-electron chi connectivity index (χ0n) is 10.3. The molecule has 0 saturated heterocycles. The van der Waals surface area contributed by atoms with Crippen LogP contribution in [0.3, 0.4) is 0 Å². The standard InChI is InChI=1S/C14H17BrN2O/c15-14-9-13(6-5-11(14)10-16)17(7-2-8-18)12-3-1-4-12/h5-6,9,12,18H,1-4,7-8H2. The maximum Gasteiger partial charge on any atom is 0.100 e. The average Bonchev–Trinajstić information content (AvgIpc) is 2.32. The first-order valence-corrected chi connectivity index (χ1v) is 7.12. The van der Waals surface area contributed by atoms with Gasteiger partial charge in [-0.2, -0.15) is 5.26 Å². The number of halogens is 1. The van der Waals surface area contributed by atoms with Gasteiger partial charge >= 0.3 is 0 Å². The lowest BCUT2D eigenvalue weighted by molar-refractivity contribution is 0.283. The van der Waals surface area contributed by atoms with E-state index < -0.39 is 0 Å². The zero-order chi connectivity index (χ0) is 13.0. The van der Waals surface area contributed by atoms with Crippen molar-refractivity contribution >= 4 is 21.6 Å². The smallest absolute Gasteiger partial charge is 0.100 e. The second-order valence-corrected chi connectivity index (χ2v) is 5.49. The van der Waals surface area contributed by atoms with Crippen LogP contribution >= 0.6 is 15.9 Å². The Hall–Kier alpha value is -1.05. The molecule has 1 aliphatic carbocycles. The summed E-state index contributed by atoms with van der Waals surface area (Å²) in [4.78, 5) is 2.35. The van der Waals surface area contributed by atoms with E-state index in [1.807, 2.05) is 18.2 Å². The number of hydrogen-bond acceptors (Lipinski definition) is 3. The molecule has 1 N–H and O–H groups in total. The van der Waals surface area contributed by atoms with Gasteiger partial charge in [0.05, 0.1) is 5.56 Å². The van der Waals surface area contributed by atoms with Crippen LogP contribution in [0.15, 0.2) is 22.7 Å². The van der Waals surface area contributed by atoms with Crippen molar-refractivity contribution in [1.82, 2.24) is 0 Å². The first-order chi connectivity index (χ1) is 8.76. The molecule has 0 aliphatic heterocycles. The molecule has 0 aromatic heterocycles. The van der Waals surface area contributed by atoms with Gasteiger partial charge in [-0.05, 0) is 59.8 Å².